The number of rotatable bonds is 5. The van der Waals surface area contributed by atoms with Gasteiger partial charge in [0.25, 0.3) is 0 Å². The molecular weight excluding hydrogens is 382 g/mol. The highest BCUT2D eigenvalue weighted by Crippen LogP contribution is 2.26. The number of para-hydroxylation sites is 2. The Morgan fingerprint density at radius 1 is 1.08 bits per heavy atom. The Morgan fingerprint density at radius 2 is 1.80 bits per heavy atom. The number of amides is 2. The summed E-state index contributed by atoms with van der Waals surface area (Å²) < 4.78 is 6.47. The van der Waals surface area contributed by atoms with Gasteiger partial charge in [0.1, 0.15) is 0 Å². The van der Waals surface area contributed by atoms with Crippen molar-refractivity contribution in [3.05, 3.63) is 58.6 Å². The van der Waals surface area contributed by atoms with E-state index in [1.165, 1.54) is 5.56 Å². The largest absolute Gasteiger partial charge is 0.378 e. The summed E-state index contributed by atoms with van der Waals surface area (Å²) in [5.74, 6) is 0. The number of hydrogen-bond donors (Lipinski definition) is 2. The van der Waals surface area contributed by atoms with Gasteiger partial charge in [-0.3, -0.25) is 0 Å². The molecule has 2 aromatic rings. The van der Waals surface area contributed by atoms with E-state index in [0.717, 1.165) is 35.4 Å². The Hall–Kier alpha value is -2.05. The van der Waals surface area contributed by atoms with Crippen LogP contribution in [0.5, 0.6) is 0 Å². The molecule has 3 rings (SSSR count). The standard InChI is InChI=1S/C19H22BrN3O2/c20-16-6-2-1-5-15(16)9-10-21-19(24)22-17-7-3-4-8-18(17)23-11-13-25-14-12-23/h1-8H,9-14H2,(H2,21,22,24). The number of morpholine rings is 1. The van der Waals surface area contributed by atoms with Crippen LogP contribution in [-0.2, 0) is 11.2 Å². The second-order valence-corrected chi connectivity index (χ2v) is 6.69. The van der Waals surface area contributed by atoms with E-state index in [1.54, 1.807) is 0 Å². The number of benzene rings is 2. The van der Waals surface area contributed by atoms with E-state index in [9.17, 15) is 4.79 Å². The third kappa shape index (κ3) is 4.96. The van der Waals surface area contributed by atoms with Crippen molar-refractivity contribution >= 4 is 33.3 Å². The Morgan fingerprint density at radius 3 is 2.60 bits per heavy atom. The maximum Gasteiger partial charge on any atom is 0.319 e. The van der Waals surface area contributed by atoms with E-state index >= 15 is 0 Å². The monoisotopic (exact) mass is 403 g/mol. The van der Waals surface area contributed by atoms with E-state index < -0.39 is 0 Å². The normalized spacial score (nSPS) is 14.2. The highest BCUT2D eigenvalue weighted by Gasteiger charge is 2.15. The van der Waals surface area contributed by atoms with Gasteiger partial charge in [0, 0.05) is 24.1 Å². The van der Waals surface area contributed by atoms with Gasteiger partial charge in [0.05, 0.1) is 24.6 Å². The third-order valence-corrected chi connectivity index (χ3v) is 4.92. The first kappa shape index (κ1) is 17.8. The number of carbonyl (C=O) groups is 1. The lowest BCUT2D eigenvalue weighted by molar-refractivity contribution is 0.123. The number of halogens is 1. The summed E-state index contributed by atoms with van der Waals surface area (Å²) in [7, 11) is 0. The van der Waals surface area contributed by atoms with E-state index in [0.29, 0.717) is 19.8 Å². The molecule has 1 saturated heterocycles. The number of carbonyl (C=O) groups excluding carboxylic acids is 1. The molecule has 25 heavy (non-hydrogen) atoms. The maximum atomic E-state index is 12.2. The minimum absolute atomic E-state index is 0.187. The highest BCUT2D eigenvalue weighted by atomic mass is 79.9. The quantitative estimate of drug-likeness (QED) is 0.800. The van der Waals surface area contributed by atoms with Gasteiger partial charge in [-0.1, -0.05) is 46.3 Å². The molecule has 0 atom stereocenters. The fourth-order valence-corrected chi connectivity index (χ4v) is 3.32. The average Bonchev–Trinajstić information content (AvgIpc) is 2.64. The number of nitrogens with one attached hydrogen (secondary N) is 2. The van der Waals surface area contributed by atoms with Crippen molar-refractivity contribution in [2.75, 3.05) is 43.1 Å². The van der Waals surface area contributed by atoms with Crippen LogP contribution >= 0.6 is 15.9 Å². The molecule has 0 aliphatic carbocycles. The van der Waals surface area contributed by atoms with E-state index in [2.05, 4.69) is 37.5 Å². The fraction of sp³-hybridized carbons (Fsp3) is 0.316. The maximum absolute atomic E-state index is 12.2. The lowest BCUT2D eigenvalue weighted by Crippen LogP contribution is -2.37. The predicted octanol–water partition coefficient (Wildman–Crippen LogP) is 3.65. The Bertz CT molecular complexity index is 717. The first-order valence-electron chi connectivity index (χ1n) is 8.44. The zero-order valence-electron chi connectivity index (χ0n) is 14.0. The summed E-state index contributed by atoms with van der Waals surface area (Å²) in [5.41, 5.74) is 3.03. The van der Waals surface area contributed by atoms with Crippen molar-refractivity contribution in [3.8, 4) is 0 Å². The van der Waals surface area contributed by atoms with Crippen LogP contribution in [0.15, 0.2) is 53.0 Å². The van der Waals surface area contributed by atoms with Crippen molar-refractivity contribution < 1.29 is 9.53 Å². The fourth-order valence-electron chi connectivity index (χ4n) is 2.84. The molecule has 2 aromatic carbocycles. The van der Waals surface area contributed by atoms with Crippen LogP contribution in [0.3, 0.4) is 0 Å². The second-order valence-electron chi connectivity index (χ2n) is 5.84. The zero-order valence-corrected chi connectivity index (χ0v) is 15.6. The number of urea groups is 1. The van der Waals surface area contributed by atoms with Gasteiger partial charge in [-0.25, -0.2) is 4.79 Å². The van der Waals surface area contributed by atoms with Gasteiger partial charge in [-0.05, 0) is 30.2 Å². The SMILES string of the molecule is O=C(NCCc1ccccc1Br)Nc1ccccc1N1CCOCC1. The van der Waals surface area contributed by atoms with Gasteiger partial charge in [0.2, 0.25) is 0 Å². The van der Waals surface area contributed by atoms with E-state index in [-0.39, 0.29) is 6.03 Å². The van der Waals surface area contributed by atoms with Crippen LogP contribution in [0.25, 0.3) is 0 Å². The minimum atomic E-state index is -0.187. The van der Waals surface area contributed by atoms with Gasteiger partial charge in [-0.15, -0.1) is 0 Å². The number of hydrogen-bond acceptors (Lipinski definition) is 3. The average molecular weight is 404 g/mol. The Labute approximate surface area is 156 Å². The van der Waals surface area contributed by atoms with Crippen LogP contribution in [0, 0.1) is 0 Å². The molecule has 0 saturated carbocycles. The molecule has 2 N–H and O–H groups in total. The summed E-state index contributed by atoms with van der Waals surface area (Å²) in [4.78, 5) is 14.5. The van der Waals surface area contributed by atoms with Crippen LogP contribution in [0.2, 0.25) is 0 Å². The van der Waals surface area contributed by atoms with Crippen molar-refractivity contribution in [2.45, 2.75) is 6.42 Å². The number of anilines is 2. The van der Waals surface area contributed by atoms with Crippen LogP contribution < -0.4 is 15.5 Å². The van der Waals surface area contributed by atoms with Crippen molar-refractivity contribution in [3.63, 3.8) is 0 Å². The molecule has 5 nitrogen and oxygen atoms in total. The van der Waals surface area contributed by atoms with Crippen LogP contribution in [-0.4, -0.2) is 38.9 Å². The Balaban J connectivity index is 1.55. The molecular formula is C19H22BrN3O2. The molecule has 2 amide bonds. The van der Waals surface area contributed by atoms with Crippen LogP contribution in [0.1, 0.15) is 5.56 Å². The molecule has 1 aliphatic heterocycles. The number of ether oxygens (including phenoxy) is 1. The lowest BCUT2D eigenvalue weighted by atomic mass is 10.1. The highest BCUT2D eigenvalue weighted by molar-refractivity contribution is 9.10. The first-order valence-corrected chi connectivity index (χ1v) is 9.23. The summed E-state index contributed by atoms with van der Waals surface area (Å²) in [5, 5.41) is 5.89. The molecule has 0 spiro atoms. The smallest absolute Gasteiger partial charge is 0.319 e. The van der Waals surface area contributed by atoms with Gasteiger partial charge < -0.3 is 20.3 Å². The lowest BCUT2D eigenvalue weighted by Gasteiger charge is -2.30. The predicted molar refractivity (Wildman–Crippen MR) is 104 cm³/mol. The zero-order chi connectivity index (χ0) is 17.5. The molecule has 1 fully saturated rings. The van der Waals surface area contributed by atoms with Gasteiger partial charge >= 0.3 is 6.03 Å². The first-order chi connectivity index (χ1) is 12.2. The van der Waals surface area contributed by atoms with Crippen molar-refractivity contribution in [1.29, 1.82) is 0 Å². The molecule has 1 aliphatic rings. The molecule has 6 heteroatoms. The third-order valence-electron chi connectivity index (χ3n) is 4.14. The van der Waals surface area contributed by atoms with Gasteiger partial charge in [-0.2, -0.15) is 0 Å². The second kappa shape index (κ2) is 8.87. The van der Waals surface area contributed by atoms with Crippen molar-refractivity contribution in [1.82, 2.24) is 5.32 Å². The van der Waals surface area contributed by atoms with E-state index in [4.69, 9.17) is 4.74 Å². The molecule has 0 aromatic heterocycles. The molecule has 132 valence electrons. The van der Waals surface area contributed by atoms with E-state index in [1.807, 2.05) is 42.5 Å². The summed E-state index contributed by atoms with van der Waals surface area (Å²) in [6.07, 6.45) is 0.778. The topological polar surface area (TPSA) is 53.6 Å². The molecule has 0 unspecified atom stereocenters. The minimum Gasteiger partial charge on any atom is -0.378 e. The van der Waals surface area contributed by atoms with Gasteiger partial charge in [0.15, 0.2) is 0 Å². The van der Waals surface area contributed by atoms with Crippen LogP contribution in [0.4, 0.5) is 16.2 Å². The Kier molecular flexibility index (Phi) is 6.30. The number of nitrogens with zero attached hydrogens (tertiary/aromatic N) is 1. The molecule has 0 bridgehead atoms. The molecule has 0 radical (unpaired) electrons. The molecule has 1 heterocycles. The summed E-state index contributed by atoms with van der Waals surface area (Å²) in [6, 6.07) is 15.7. The van der Waals surface area contributed by atoms with Crippen molar-refractivity contribution in [2.24, 2.45) is 0 Å². The summed E-state index contributed by atoms with van der Waals surface area (Å²) in [6.45, 7) is 3.68. The summed E-state index contributed by atoms with van der Waals surface area (Å²) >= 11 is 3.53.